The van der Waals surface area contributed by atoms with E-state index in [-0.39, 0.29) is 12.4 Å². The van der Waals surface area contributed by atoms with Crippen LogP contribution in [0.2, 0.25) is 5.02 Å². The molecule has 0 radical (unpaired) electrons. The van der Waals surface area contributed by atoms with Gasteiger partial charge in [-0.25, -0.2) is 9.78 Å². The topological polar surface area (TPSA) is 44.1 Å². The van der Waals surface area contributed by atoms with Crippen LogP contribution in [0.1, 0.15) is 17.2 Å². The molecule has 0 fully saturated rings. The van der Waals surface area contributed by atoms with Crippen molar-refractivity contribution in [2.45, 2.75) is 12.6 Å². The largest absolute Gasteiger partial charge is 0.452 e. The number of ether oxygens (including phenoxy) is 1. The van der Waals surface area contributed by atoms with Crippen LogP contribution in [0.15, 0.2) is 79.4 Å². The summed E-state index contributed by atoms with van der Waals surface area (Å²) in [7, 11) is 0. The predicted octanol–water partition coefficient (Wildman–Crippen LogP) is 4.96. The lowest BCUT2D eigenvalue weighted by molar-refractivity contribution is -0.144. The third-order valence-electron chi connectivity index (χ3n) is 3.65. The first kappa shape index (κ1) is 19.8. The molecule has 0 spiro atoms. The molecule has 6 heteroatoms. The van der Waals surface area contributed by atoms with Gasteiger partial charge in [0.05, 0.1) is 12.9 Å². The molecule has 2 aromatic carbocycles. The molecule has 3 rings (SSSR count). The molecule has 1 unspecified atom stereocenters. The number of carbonyl (C=O) groups excluding carboxylic acids is 1. The minimum Gasteiger partial charge on any atom is -0.452 e. The Morgan fingerprint density at radius 2 is 1.88 bits per heavy atom. The second kappa shape index (κ2) is 9.80. The molecular weight excluding hydrogens is 371 g/mol. The van der Waals surface area contributed by atoms with E-state index in [4.69, 9.17) is 16.3 Å². The summed E-state index contributed by atoms with van der Waals surface area (Å²) in [5, 5.41) is 0.639. The lowest BCUT2D eigenvalue weighted by Crippen LogP contribution is -2.15. The SMILES string of the molecule is Cl.O=C(/C=C/c1ccccc1)OC(Cn1ccnc1)c1ccc(Cl)cc1. The number of aromatic nitrogens is 2. The molecule has 1 atom stereocenters. The van der Waals surface area contributed by atoms with Crippen molar-refractivity contribution in [1.82, 2.24) is 9.55 Å². The van der Waals surface area contributed by atoms with Gasteiger partial charge in [0.1, 0.15) is 6.10 Å². The smallest absolute Gasteiger partial charge is 0.331 e. The van der Waals surface area contributed by atoms with Crippen LogP contribution in [-0.4, -0.2) is 15.5 Å². The molecule has 0 N–H and O–H groups in total. The van der Waals surface area contributed by atoms with Gasteiger partial charge in [0.2, 0.25) is 0 Å². The first-order valence-corrected chi connectivity index (χ1v) is 8.23. The number of hydrogen-bond donors (Lipinski definition) is 0. The van der Waals surface area contributed by atoms with Crippen molar-refractivity contribution in [2.75, 3.05) is 0 Å². The average Bonchev–Trinajstić information content (AvgIpc) is 3.14. The van der Waals surface area contributed by atoms with Crippen LogP contribution in [0.5, 0.6) is 0 Å². The second-order valence-corrected chi connectivity index (χ2v) is 5.92. The summed E-state index contributed by atoms with van der Waals surface area (Å²) in [6, 6.07) is 16.9. The maximum absolute atomic E-state index is 12.2. The Morgan fingerprint density at radius 1 is 1.15 bits per heavy atom. The van der Waals surface area contributed by atoms with Gasteiger partial charge in [0.15, 0.2) is 0 Å². The molecule has 1 aromatic heterocycles. The maximum Gasteiger partial charge on any atom is 0.331 e. The number of hydrogen-bond acceptors (Lipinski definition) is 3. The van der Waals surface area contributed by atoms with E-state index in [0.717, 1.165) is 11.1 Å². The lowest BCUT2D eigenvalue weighted by atomic mass is 10.1. The van der Waals surface area contributed by atoms with Crippen LogP contribution in [0.3, 0.4) is 0 Å². The van der Waals surface area contributed by atoms with Crippen molar-refractivity contribution in [3.63, 3.8) is 0 Å². The van der Waals surface area contributed by atoms with Crippen LogP contribution in [0.4, 0.5) is 0 Å². The Morgan fingerprint density at radius 3 is 2.54 bits per heavy atom. The van der Waals surface area contributed by atoms with Crippen LogP contribution < -0.4 is 0 Å². The summed E-state index contributed by atoms with van der Waals surface area (Å²) < 4.78 is 7.52. The van der Waals surface area contributed by atoms with E-state index in [2.05, 4.69) is 4.98 Å². The monoisotopic (exact) mass is 388 g/mol. The summed E-state index contributed by atoms with van der Waals surface area (Å²) in [6.45, 7) is 0.479. The predicted molar refractivity (Wildman–Crippen MR) is 105 cm³/mol. The standard InChI is InChI=1S/C20H17ClN2O2.ClH/c21-18-9-7-17(8-10-18)19(14-23-13-12-22-15-23)25-20(24)11-6-16-4-2-1-3-5-16;/h1-13,15,19H,14H2;1H/b11-6+;. The molecule has 0 amide bonds. The van der Waals surface area contributed by atoms with Gasteiger partial charge in [-0.3, -0.25) is 0 Å². The van der Waals surface area contributed by atoms with Crippen molar-refractivity contribution in [3.05, 3.63) is 95.5 Å². The number of benzene rings is 2. The highest BCUT2D eigenvalue weighted by Gasteiger charge is 2.16. The third kappa shape index (κ3) is 5.76. The normalized spacial score (nSPS) is 11.7. The Labute approximate surface area is 163 Å². The maximum atomic E-state index is 12.2. The van der Waals surface area contributed by atoms with Crippen LogP contribution in [-0.2, 0) is 16.1 Å². The number of carbonyl (C=O) groups is 1. The van der Waals surface area contributed by atoms with Gasteiger partial charge in [-0.05, 0) is 29.3 Å². The van der Waals surface area contributed by atoms with Gasteiger partial charge >= 0.3 is 5.97 Å². The van der Waals surface area contributed by atoms with Crippen molar-refractivity contribution in [3.8, 4) is 0 Å². The van der Waals surface area contributed by atoms with Crippen molar-refractivity contribution in [2.24, 2.45) is 0 Å². The van der Waals surface area contributed by atoms with Crippen LogP contribution in [0.25, 0.3) is 6.08 Å². The summed E-state index contributed by atoms with van der Waals surface area (Å²) >= 11 is 5.95. The number of rotatable bonds is 6. The van der Waals surface area contributed by atoms with E-state index in [9.17, 15) is 4.79 Å². The van der Waals surface area contributed by atoms with Gasteiger partial charge in [-0.15, -0.1) is 12.4 Å². The van der Waals surface area contributed by atoms with Gasteiger partial charge in [-0.1, -0.05) is 54.1 Å². The molecule has 0 aliphatic rings. The molecule has 0 saturated carbocycles. The zero-order chi connectivity index (χ0) is 17.5. The third-order valence-corrected chi connectivity index (χ3v) is 3.90. The molecule has 3 aromatic rings. The fourth-order valence-corrected chi connectivity index (χ4v) is 2.51. The molecule has 0 aliphatic carbocycles. The first-order chi connectivity index (χ1) is 12.2. The summed E-state index contributed by atoms with van der Waals surface area (Å²) in [5.74, 6) is -0.399. The van der Waals surface area contributed by atoms with Gasteiger partial charge in [0, 0.05) is 23.5 Å². The molecule has 134 valence electrons. The molecule has 0 saturated heterocycles. The fourth-order valence-electron chi connectivity index (χ4n) is 2.38. The van der Waals surface area contributed by atoms with Gasteiger partial charge in [0.25, 0.3) is 0 Å². The summed E-state index contributed by atoms with van der Waals surface area (Å²) in [5.41, 5.74) is 1.82. The minimum atomic E-state index is -0.431. The van der Waals surface area contributed by atoms with E-state index in [1.54, 1.807) is 30.7 Å². The summed E-state index contributed by atoms with van der Waals surface area (Å²) in [6.07, 6.45) is 7.95. The van der Waals surface area contributed by atoms with Crippen LogP contribution in [0, 0.1) is 0 Å². The van der Waals surface area contributed by atoms with Crippen molar-refractivity contribution >= 4 is 36.1 Å². The molecular formula is C20H18Cl2N2O2. The molecule has 26 heavy (non-hydrogen) atoms. The Balaban J connectivity index is 0.00000243. The average molecular weight is 389 g/mol. The molecule has 4 nitrogen and oxygen atoms in total. The van der Waals surface area contributed by atoms with Gasteiger partial charge in [-0.2, -0.15) is 0 Å². The Hall–Kier alpha value is -2.56. The highest BCUT2D eigenvalue weighted by atomic mass is 35.5. The number of nitrogens with zero attached hydrogens (tertiary/aromatic N) is 2. The van der Waals surface area contributed by atoms with E-state index in [1.807, 2.05) is 53.2 Å². The first-order valence-electron chi connectivity index (χ1n) is 7.85. The lowest BCUT2D eigenvalue weighted by Gasteiger charge is -2.18. The Kier molecular flexibility index (Phi) is 7.45. The number of imidazole rings is 1. The van der Waals surface area contributed by atoms with E-state index in [0.29, 0.717) is 11.6 Å². The zero-order valence-corrected chi connectivity index (χ0v) is 15.4. The second-order valence-electron chi connectivity index (χ2n) is 5.48. The van der Waals surface area contributed by atoms with E-state index in [1.165, 1.54) is 6.08 Å². The van der Waals surface area contributed by atoms with Gasteiger partial charge < -0.3 is 9.30 Å². The molecule has 1 heterocycles. The van der Waals surface area contributed by atoms with E-state index < -0.39 is 12.1 Å². The highest BCUT2D eigenvalue weighted by molar-refractivity contribution is 6.30. The highest BCUT2D eigenvalue weighted by Crippen LogP contribution is 2.22. The summed E-state index contributed by atoms with van der Waals surface area (Å²) in [4.78, 5) is 16.3. The minimum absolute atomic E-state index is 0. The number of esters is 1. The van der Waals surface area contributed by atoms with E-state index >= 15 is 0 Å². The van der Waals surface area contributed by atoms with Crippen molar-refractivity contribution < 1.29 is 9.53 Å². The fraction of sp³-hybridized carbons (Fsp3) is 0.100. The zero-order valence-electron chi connectivity index (χ0n) is 13.9. The number of halogens is 2. The molecule has 0 bridgehead atoms. The van der Waals surface area contributed by atoms with Crippen molar-refractivity contribution in [1.29, 1.82) is 0 Å². The van der Waals surface area contributed by atoms with Crippen LogP contribution >= 0.6 is 24.0 Å². The quantitative estimate of drug-likeness (QED) is 0.442. The molecule has 0 aliphatic heterocycles. The Bertz CT molecular complexity index is 832.